The van der Waals surface area contributed by atoms with Gasteiger partial charge < -0.3 is 28.5 Å². The lowest BCUT2D eigenvalue weighted by Gasteiger charge is -2.41. The van der Waals surface area contributed by atoms with Crippen LogP contribution in [0.4, 0.5) is 0 Å². The minimum absolute atomic E-state index is 0.0716. The molecule has 6 rings (SSSR count). The second-order valence-corrected chi connectivity index (χ2v) is 18.8. The number of halogens is 1. The lowest BCUT2D eigenvalue weighted by atomic mass is 9.80. The average Bonchev–Trinajstić information content (AvgIpc) is 3.66. The predicted molar refractivity (Wildman–Crippen MR) is 191 cm³/mol. The number of aliphatic hydroxyl groups is 1. The summed E-state index contributed by atoms with van der Waals surface area (Å²) in [7, 11) is 0.873. The summed E-state index contributed by atoms with van der Waals surface area (Å²) in [6.45, 7) is 10.9. The highest BCUT2D eigenvalue weighted by Gasteiger charge is 2.52. The van der Waals surface area contributed by atoms with E-state index in [-0.39, 0.29) is 16.8 Å². The Morgan fingerprint density at radius 1 is 0.837 bits per heavy atom. The first-order valence-electron chi connectivity index (χ1n) is 16.2. The first-order valence-corrected chi connectivity index (χ1v) is 19.5. The molecule has 0 unspecified atom stereocenters. The van der Waals surface area contributed by atoms with Gasteiger partial charge in [0, 0.05) is 0 Å². The third kappa shape index (κ3) is 6.59. The maximum atomic E-state index is 12.0. The molecule has 1 aliphatic heterocycles. The largest absolute Gasteiger partial charge is 0.497 e. The highest BCUT2D eigenvalue weighted by molar-refractivity contribution is 6.74. The molecule has 258 valence electrons. The van der Waals surface area contributed by atoms with E-state index in [4.69, 9.17) is 35.0 Å². The van der Waals surface area contributed by atoms with Crippen molar-refractivity contribution >= 4 is 31.1 Å². The van der Waals surface area contributed by atoms with Crippen molar-refractivity contribution in [3.63, 3.8) is 0 Å². The number of ether oxygens (including phenoxy) is 4. The number of nitrogens with zero attached hydrogens (tertiary/aromatic N) is 4. The number of aromatic nitrogens is 4. The molecular formula is C37H43ClN4O6Si. The first-order chi connectivity index (χ1) is 23.4. The fourth-order valence-corrected chi connectivity index (χ4v) is 7.54. The van der Waals surface area contributed by atoms with Crippen LogP contribution in [0.3, 0.4) is 0 Å². The molecule has 0 saturated carbocycles. The summed E-state index contributed by atoms with van der Waals surface area (Å²) in [5.41, 5.74) is 2.46. The number of hydrogen-bond acceptors (Lipinski definition) is 9. The van der Waals surface area contributed by atoms with Crippen molar-refractivity contribution in [3.8, 4) is 11.5 Å². The van der Waals surface area contributed by atoms with Crippen LogP contribution in [0.5, 0.6) is 11.5 Å². The molecule has 1 N–H and O–H groups in total. The molecule has 0 radical (unpaired) electrons. The van der Waals surface area contributed by atoms with Crippen LogP contribution in [0.25, 0.3) is 11.2 Å². The molecule has 1 fully saturated rings. The quantitative estimate of drug-likeness (QED) is 0.0872. The molecule has 49 heavy (non-hydrogen) atoms. The minimum Gasteiger partial charge on any atom is -0.497 e. The van der Waals surface area contributed by atoms with Crippen molar-refractivity contribution in [1.82, 2.24) is 19.5 Å². The summed E-state index contributed by atoms with van der Waals surface area (Å²) in [6, 6.07) is 25.8. The van der Waals surface area contributed by atoms with Gasteiger partial charge in [0.1, 0.15) is 47.3 Å². The Bertz CT molecular complexity index is 1820. The molecule has 0 aliphatic carbocycles. The van der Waals surface area contributed by atoms with Gasteiger partial charge in [-0.3, -0.25) is 4.57 Å². The zero-order valence-electron chi connectivity index (χ0n) is 28.8. The summed E-state index contributed by atoms with van der Waals surface area (Å²) in [4.78, 5) is 12.9. The molecule has 3 heterocycles. The van der Waals surface area contributed by atoms with Crippen LogP contribution in [0, 0.1) is 0 Å². The van der Waals surface area contributed by atoms with Crippen LogP contribution >= 0.6 is 11.6 Å². The number of rotatable bonds is 11. The third-order valence-electron chi connectivity index (χ3n) is 9.77. The Hall–Kier alpha value is -3.84. The van der Waals surface area contributed by atoms with Crippen molar-refractivity contribution in [2.45, 2.75) is 69.0 Å². The van der Waals surface area contributed by atoms with E-state index < -0.39 is 38.5 Å². The van der Waals surface area contributed by atoms with Crippen molar-refractivity contribution in [2.24, 2.45) is 0 Å². The van der Waals surface area contributed by atoms with Crippen LogP contribution in [0.15, 0.2) is 91.5 Å². The molecule has 1 aliphatic rings. The summed E-state index contributed by atoms with van der Waals surface area (Å²) in [6.07, 6.45) is -0.403. The van der Waals surface area contributed by atoms with Gasteiger partial charge in [0.2, 0.25) is 0 Å². The highest BCUT2D eigenvalue weighted by atomic mass is 35.5. The second kappa shape index (κ2) is 13.8. The standard InChI is InChI=1S/C37H43ClN4O6Si/c1-36(2,3)49(6,7)48-32-29(47-35(31(32)43)42-23-41-30-33(38)39-22-40-34(30)42)21-46-37(24-11-9-8-10-12-24,25-13-17-27(44-4)18-14-25)26-15-19-28(45-5)20-16-26/h8-20,22-23,29,31-32,35,43H,21H2,1-7H3/t29-,31-,32-,35-/m1/s1. The molecule has 1 saturated heterocycles. The number of imidazole rings is 1. The topological polar surface area (TPSA) is 110 Å². The van der Waals surface area contributed by atoms with Gasteiger partial charge in [-0.2, -0.15) is 0 Å². The predicted octanol–water partition coefficient (Wildman–Crippen LogP) is 7.15. The van der Waals surface area contributed by atoms with E-state index in [0.717, 1.165) is 28.2 Å². The molecule has 4 atom stereocenters. The maximum absolute atomic E-state index is 12.0. The second-order valence-electron chi connectivity index (χ2n) is 13.7. The Morgan fingerprint density at radius 2 is 1.41 bits per heavy atom. The molecular weight excluding hydrogens is 660 g/mol. The number of aliphatic hydroxyl groups excluding tert-OH is 1. The Labute approximate surface area is 293 Å². The van der Waals surface area contributed by atoms with Crippen LogP contribution in [0.1, 0.15) is 43.7 Å². The summed E-state index contributed by atoms with van der Waals surface area (Å²) < 4.78 is 33.6. The summed E-state index contributed by atoms with van der Waals surface area (Å²) in [5, 5.41) is 12.1. The van der Waals surface area contributed by atoms with Crippen molar-refractivity contribution < 1.29 is 28.5 Å². The Kier molecular flexibility index (Phi) is 9.87. The number of benzene rings is 3. The van der Waals surface area contributed by atoms with Gasteiger partial charge in [-0.15, -0.1) is 0 Å². The fourth-order valence-electron chi connectivity index (χ4n) is 6.04. The monoisotopic (exact) mass is 702 g/mol. The van der Waals surface area contributed by atoms with Crippen LogP contribution < -0.4 is 9.47 Å². The van der Waals surface area contributed by atoms with E-state index in [1.54, 1.807) is 25.1 Å². The highest BCUT2D eigenvalue weighted by Crippen LogP contribution is 2.45. The lowest BCUT2D eigenvalue weighted by Crippen LogP contribution is -2.50. The molecule has 5 aromatic rings. The molecule has 2 aromatic heterocycles. The Balaban J connectivity index is 1.45. The van der Waals surface area contributed by atoms with E-state index in [1.807, 2.05) is 78.9 Å². The van der Waals surface area contributed by atoms with Gasteiger partial charge in [-0.25, -0.2) is 15.0 Å². The van der Waals surface area contributed by atoms with Gasteiger partial charge >= 0.3 is 0 Å². The van der Waals surface area contributed by atoms with Crippen LogP contribution in [-0.4, -0.2) is 72.1 Å². The molecule has 10 nitrogen and oxygen atoms in total. The van der Waals surface area contributed by atoms with E-state index >= 15 is 0 Å². The molecule has 0 bridgehead atoms. The molecule has 3 aromatic carbocycles. The van der Waals surface area contributed by atoms with Gasteiger partial charge in [0.25, 0.3) is 0 Å². The van der Waals surface area contributed by atoms with E-state index in [9.17, 15) is 5.11 Å². The average molecular weight is 703 g/mol. The third-order valence-corrected chi connectivity index (χ3v) is 14.5. The Morgan fingerprint density at radius 3 is 1.96 bits per heavy atom. The minimum atomic E-state index is -2.41. The van der Waals surface area contributed by atoms with E-state index in [2.05, 4.69) is 48.8 Å². The normalized spacial score (nSPS) is 20.1. The molecule has 0 spiro atoms. The summed E-state index contributed by atoms with van der Waals surface area (Å²) in [5.74, 6) is 1.45. The number of methoxy groups -OCH3 is 2. The summed E-state index contributed by atoms with van der Waals surface area (Å²) >= 11 is 6.34. The van der Waals surface area contributed by atoms with Gasteiger partial charge in [0.15, 0.2) is 25.3 Å². The van der Waals surface area contributed by atoms with Crippen molar-refractivity contribution in [3.05, 3.63) is 113 Å². The smallest absolute Gasteiger partial charge is 0.192 e. The number of hydrogen-bond donors (Lipinski definition) is 1. The van der Waals surface area contributed by atoms with Gasteiger partial charge in [-0.1, -0.05) is 87.0 Å². The molecule has 12 heteroatoms. The first kappa shape index (κ1) is 35.0. The zero-order chi connectivity index (χ0) is 35.0. The van der Waals surface area contributed by atoms with E-state index in [1.165, 1.54) is 6.33 Å². The van der Waals surface area contributed by atoms with Crippen LogP contribution in [0.2, 0.25) is 23.3 Å². The van der Waals surface area contributed by atoms with E-state index in [0.29, 0.717) is 11.2 Å². The van der Waals surface area contributed by atoms with Crippen molar-refractivity contribution in [1.29, 1.82) is 0 Å². The SMILES string of the molecule is COc1ccc(C(OC[C@H]2O[C@@H](n3cnc4c(Cl)ncnc43)[C@H](O)[C@@H]2O[Si](C)(C)C(C)(C)C)(c2ccccc2)c2ccc(OC)cc2)cc1. The maximum Gasteiger partial charge on any atom is 0.192 e. The van der Waals surface area contributed by atoms with Gasteiger partial charge in [-0.05, 0) is 59.1 Å². The number of fused-ring (bicyclic) bond motifs is 1. The fraction of sp³-hybridized carbons (Fsp3) is 0.378. The lowest BCUT2D eigenvalue weighted by molar-refractivity contribution is -0.0930. The zero-order valence-corrected chi connectivity index (χ0v) is 30.6. The van der Waals surface area contributed by atoms with Crippen molar-refractivity contribution in [2.75, 3.05) is 20.8 Å². The van der Waals surface area contributed by atoms with Gasteiger partial charge in [0.05, 0.1) is 27.2 Å². The molecule has 0 amide bonds. The van der Waals surface area contributed by atoms with Crippen LogP contribution in [-0.2, 0) is 19.5 Å².